The lowest BCUT2D eigenvalue weighted by molar-refractivity contribution is 0.429. The summed E-state index contributed by atoms with van der Waals surface area (Å²) in [7, 11) is 0. The molecule has 10 rings (SSSR count). The fourth-order valence-corrected chi connectivity index (χ4v) is 8.84. The Hall–Kier alpha value is -5.66. The van der Waals surface area contributed by atoms with Gasteiger partial charge in [0.1, 0.15) is 11.5 Å². The third-order valence-corrected chi connectivity index (χ3v) is 10.9. The van der Waals surface area contributed by atoms with Gasteiger partial charge in [-0.05, 0) is 74.7 Å². The molecule has 0 radical (unpaired) electrons. The first-order chi connectivity index (χ1) is 22.7. The number of hydrogen-bond acceptors (Lipinski definition) is 1. The Morgan fingerprint density at radius 3 is 1.54 bits per heavy atom. The zero-order valence-corrected chi connectivity index (χ0v) is 25.5. The summed E-state index contributed by atoms with van der Waals surface area (Å²) in [5.41, 5.74) is 15.8. The molecule has 1 aliphatic heterocycles. The molecule has 0 saturated heterocycles. The molecule has 46 heavy (non-hydrogen) atoms. The lowest BCUT2D eigenvalue weighted by atomic mass is 9.68. The van der Waals surface area contributed by atoms with Crippen molar-refractivity contribution < 1.29 is 4.74 Å². The molecule has 0 fully saturated rings. The molecule has 0 aromatic heterocycles. The summed E-state index contributed by atoms with van der Waals surface area (Å²) in [4.78, 5) is 0. The van der Waals surface area contributed by atoms with Gasteiger partial charge in [0.15, 0.2) is 0 Å². The van der Waals surface area contributed by atoms with Gasteiger partial charge < -0.3 is 4.74 Å². The molecule has 1 heteroatoms. The van der Waals surface area contributed by atoms with Crippen LogP contribution in [0.15, 0.2) is 164 Å². The second-order valence-corrected chi connectivity index (χ2v) is 12.9. The Balaban J connectivity index is 1.25. The van der Waals surface area contributed by atoms with E-state index in [1.807, 2.05) is 0 Å². The van der Waals surface area contributed by atoms with Crippen LogP contribution < -0.4 is 4.74 Å². The first-order valence-corrected chi connectivity index (χ1v) is 16.1. The van der Waals surface area contributed by atoms with Crippen molar-refractivity contribution in [2.75, 3.05) is 0 Å². The van der Waals surface area contributed by atoms with Gasteiger partial charge in [0.05, 0.1) is 5.41 Å². The van der Waals surface area contributed by atoms with Crippen molar-refractivity contribution in [3.8, 4) is 44.9 Å². The van der Waals surface area contributed by atoms with Gasteiger partial charge >= 0.3 is 0 Å². The van der Waals surface area contributed by atoms with Gasteiger partial charge in [-0.3, -0.25) is 0 Å². The van der Waals surface area contributed by atoms with E-state index in [-0.39, 0.29) is 10.8 Å². The number of benzene rings is 7. The molecule has 3 aliphatic rings. The van der Waals surface area contributed by atoms with Crippen LogP contribution in [0.4, 0.5) is 0 Å². The van der Waals surface area contributed by atoms with Crippen molar-refractivity contribution >= 4 is 0 Å². The third-order valence-electron chi connectivity index (χ3n) is 10.9. The zero-order chi connectivity index (χ0) is 30.5. The predicted molar refractivity (Wildman–Crippen MR) is 187 cm³/mol. The zero-order valence-electron chi connectivity index (χ0n) is 25.5. The second kappa shape index (κ2) is 9.19. The van der Waals surface area contributed by atoms with Crippen LogP contribution in [0.25, 0.3) is 33.4 Å². The molecule has 2 aliphatic carbocycles. The van der Waals surface area contributed by atoms with Gasteiger partial charge in [0.2, 0.25) is 0 Å². The standard InChI is InChI=1S/C45H30O/c1-44(30-14-3-2-4-15-30)39-23-11-12-25-42(39)46-43-31(19-13-24-40(43)44)29-26-27-35-34-18-7-10-22-38(34)45(41(35)28-29)36-20-8-5-16-32(36)33-17-6-9-21-37(33)45/h2-28H,1H3. The molecule has 1 nitrogen and oxygen atoms in total. The summed E-state index contributed by atoms with van der Waals surface area (Å²) in [5, 5.41) is 0. The molecule has 1 heterocycles. The predicted octanol–water partition coefficient (Wildman–Crippen LogP) is 11.2. The van der Waals surface area contributed by atoms with Crippen molar-refractivity contribution in [3.63, 3.8) is 0 Å². The Morgan fingerprint density at radius 1 is 0.391 bits per heavy atom. The minimum absolute atomic E-state index is 0.362. The first-order valence-electron chi connectivity index (χ1n) is 16.1. The maximum atomic E-state index is 6.89. The fraction of sp³-hybridized carbons (Fsp3) is 0.0667. The molecular weight excluding hydrogens is 556 g/mol. The van der Waals surface area contributed by atoms with Crippen LogP contribution in [0, 0.1) is 0 Å². The van der Waals surface area contributed by atoms with E-state index in [2.05, 4.69) is 171 Å². The highest BCUT2D eigenvalue weighted by molar-refractivity contribution is 5.96. The Morgan fingerprint density at radius 2 is 0.891 bits per heavy atom. The van der Waals surface area contributed by atoms with Crippen LogP contribution in [0.1, 0.15) is 45.9 Å². The average Bonchev–Trinajstić information content (AvgIpc) is 3.59. The van der Waals surface area contributed by atoms with E-state index < -0.39 is 0 Å². The lowest BCUT2D eigenvalue weighted by Crippen LogP contribution is -2.29. The molecule has 7 aromatic rings. The van der Waals surface area contributed by atoms with Crippen molar-refractivity contribution in [1.29, 1.82) is 0 Å². The van der Waals surface area contributed by atoms with Crippen LogP contribution >= 0.6 is 0 Å². The normalized spacial score (nSPS) is 17.2. The van der Waals surface area contributed by atoms with E-state index >= 15 is 0 Å². The van der Waals surface area contributed by atoms with Crippen LogP contribution in [0.2, 0.25) is 0 Å². The van der Waals surface area contributed by atoms with E-state index in [4.69, 9.17) is 4.74 Å². The maximum absolute atomic E-state index is 6.89. The van der Waals surface area contributed by atoms with Gasteiger partial charge in [0, 0.05) is 22.1 Å². The Bertz CT molecular complexity index is 2300. The van der Waals surface area contributed by atoms with Crippen LogP contribution in [-0.2, 0) is 10.8 Å². The summed E-state index contributed by atoms with van der Waals surface area (Å²) in [6.07, 6.45) is 0. The van der Waals surface area contributed by atoms with Crippen molar-refractivity contribution in [2.45, 2.75) is 17.8 Å². The Kier molecular flexibility index (Phi) is 5.12. The van der Waals surface area contributed by atoms with Crippen molar-refractivity contribution in [3.05, 3.63) is 203 Å². The molecule has 0 amide bonds. The number of hydrogen-bond donors (Lipinski definition) is 0. The highest BCUT2D eigenvalue weighted by atomic mass is 16.5. The first kappa shape index (κ1) is 25.6. The number of fused-ring (bicyclic) bond motifs is 12. The van der Waals surface area contributed by atoms with Crippen LogP contribution in [-0.4, -0.2) is 0 Å². The molecule has 1 unspecified atom stereocenters. The van der Waals surface area contributed by atoms with Gasteiger partial charge in [-0.1, -0.05) is 152 Å². The lowest BCUT2D eigenvalue weighted by Gasteiger charge is -2.39. The summed E-state index contributed by atoms with van der Waals surface area (Å²) in [6.45, 7) is 2.34. The summed E-state index contributed by atoms with van der Waals surface area (Å²) in [6, 6.07) is 60.1. The minimum Gasteiger partial charge on any atom is -0.456 e. The summed E-state index contributed by atoms with van der Waals surface area (Å²) >= 11 is 0. The molecule has 1 atom stereocenters. The van der Waals surface area contributed by atoms with E-state index in [0.29, 0.717) is 0 Å². The molecular formula is C45H30O. The molecule has 1 spiro atoms. The molecule has 0 bridgehead atoms. The SMILES string of the molecule is CC1(c2ccccc2)c2ccccc2Oc2c(-c3ccc4c(c3)C3(c5ccccc5-c5ccccc53)c3ccccc3-4)cccc21. The van der Waals surface area contributed by atoms with Gasteiger partial charge in [-0.15, -0.1) is 0 Å². The molecule has 0 N–H and O–H groups in total. The topological polar surface area (TPSA) is 9.23 Å². The largest absolute Gasteiger partial charge is 0.456 e. The van der Waals surface area contributed by atoms with E-state index in [1.54, 1.807) is 0 Å². The Labute approximate surface area is 269 Å². The maximum Gasteiger partial charge on any atom is 0.139 e. The summed E-state index contributed by atoms with van der Waals surface area (Å²) < 4.78 is 6.89. The van der Waals surface area contributed by atoms with Gasteiger partial charge in [0.25, 0.3) is 0 Å². The van der Waals surface area contributed by atoms with Gasteiger partial charge in [-0.25, -0.2) is 0 Å². The van der Waals surface area contributed by atoms with E-state index in [1.165, 1.54) is 66.8 Å². The molecule has 216 valence electrons. The summed E-state index contributed by atoms with van der Waals surface area (Å²) in [5.74, 6) is 1.85. The highest BCUT2D eigenvalue weighted by Crippen LogP contribution is 2.63. The number of ether oxygens (including phenoxy) is 1. The van der Waals surface area contributed by atoms with Crippen molar-refractivity contribution in [1.82, 2.24) is 0 Å². The monoisotopic (exact) mass is 586 g/mol. The van der Waals surface area contributed by atoms with Gasteiger partial charge in [-0.2, -0.15) is 0 Å². The molecule has 7 aromatic carbocycles. The van der Waals surface area contributed by atoms with Crippen LogP contribution in [0.5, 0.6) is 11.5 Å². The van der Waals surface area contributed by atoms with Crippen molar-refractivity contribution in [2.24, 2.45) is 0 Å². The van der Waals surface area contributed by atoms with Crippen LogP contribution in [0.3, 0.4) is 0 Å². The smallest absolute Gasteiger partial charge is 0.139 e. The van der Waals surface area contributed by atoms with E-state index in [0.717, 1.165) is 17.1 Å². The number of rotatable bonds is 2. The third kappa shape index (κ3) is 3.10. The minimum atomic E-state index is -0.379. The highest BCUT2D eigenvalue weighted by Gasteiger charge is 2.51. The number of para-hydroxylation sites is 2. The molecule has 0 saturated carbocycles. The second-order valence-electron chi connectivity index (χ2n) is 12.9. The van der Waals surface area contributed by atoms with E-state index in [9.17, 15) is 0 Å². The quantitative estimate of drug-likeness (QED) is 0.196. The average molecular weight is 587 g/mol. The fourth-order valence-electron chi connectivity index (χ4n) is 8.84.